The average Bonchev–Trinajstić information content (AvgIpc) is 3.52. The van der Waals surface area contributed by atoms with Crippen LogP contribution in [0.25, 0.3) is 0 Å². The van der Waals surface area contributed by atoms with Gasteiger partial charge in [0.1, 0.15) is 17.9 Å². The van der Waals surface area contributed by atoms with Gasteiger partial charge in [-0.3, -0.25) is 9.69 Å². The summed E-state index contributed by atoms with van der Waals surface area (Å²) in [4.78, 5) is 41.4. The minimum atomic E-state index is -0.317. The van der Waals surface area contributed by atoms with Crippen molar-refractivity contribution >= 4 is 47.0 Å². The highest BCUT2D eigenvalue weighted by Crippen LogP contribution is 2.38. The van der Waals surface area contributed by atoms with Crippen LogP contribution in [0.5, 0.6) is 0 Å². The predicted molar refractivity (Wildman–Crippen MR) is 189 cm³/mol. The summed E-state index contributed by atoms with van der Waals surface area (Å²) in [5.41, 5.74) is 3.24. The first-order chi connectivity index (χ1) is 22.2. The number of aldehydes is 1. The van der Waals surface area contributed by atoms with Crippen molar-refractivity contribution in [2.24, 2.45) is 16.8 Å². The van der Waals surface area contributed by atoms with Crippen molar-refractivity contribution < 1.29 is 9.59 Å². The number of nitrogens with one attached hydrogen (secondary N) is 1. The van der Waals surface area contributed by atoms with Crippen LogP contribution < -0.4 is 10.2 Å². The fourth-order valence-electron chi connectivity index (χ4n) is 7.79. The highest BCUT2D eigenvalue weighted by Gasteiger charge is 2.42. The number of rotatable bonds is 8. The zero-order chi connectivity index (χ0) is 32.8. The van der Waals surface area contributed by atoms with Crippen LogP contribution in [-0.4, -0.2) is 77.6 Å². The summed E-state index contributed by atoms with van der Waals surface area (Å²) >= 11 is 13.1. The van der Waals surface area contributed by atoms with Crippen molar-refractivity contribution in [2.75, 3.05) is 37.6 Å². The maximum absolute atomic E-state index is 13.3. The summed E-state index contributed by atoms with van der Waals surface area (Å²) < 4.78 is 0. The second-order valence-electron chi connectivity index (χ2n) is 13.5. The van der Waals surface area contributed by atoms with E-state index in [0.29, 0.717) is 52.3 Å². The number of halogens is 2. The maximum Gasteiger partial charge on any atom is 0.258 e. The highest BCUT2D eigenvalue weighted by atomic mass is 35.5. The molecule has 4 heterocycles. The van der Waals surface area contributed by atoms with Crippen molar-refractivity contribution in [3.8, 4) is 0 Å². The number of amidine groups is 1. The minimum Gasteiger partial charge on any atom is -0.371 e. The number of anilines is 1. The molecule has 4 fully saturated rings. The van der Waals surface area contributed by atoms with Crippen LogP contribution in [0.15, 0.2) is 51.4 Å². The number of likely N-dealkylation sites (tertiary alicyclic amines) is 2. The van der Waals surface area contributed by atoms with Crippen LogP contribution in [0.3, 0.4) is 0 Å². The van der Waals surface area contributed by atoms with Crippen molar-refractivity contribution in [1.29, 1.82) is 0 Å². The summed E-state index contributed by atoms with van der Waals surface area (Å²) in [5, 5.41) is 4.02. The number of fused-ring (bicyclic) bond motifs is 1. The quantitative estimate of drug-likeness (QED) is 0.135. The van der Waals surface area contributed by atoms with Gasteiger partial charge in [0.25, 0.3) is 5.91 Å². The lowest BCUT2D eigenvalue weighted by Gasteiger charge is -2.43. The lowest BCUT2D eigenvalue weighted by Crippen LogP contribution is -2.51. The Hall–Kier alpha value is -2.68. The smallest absolute Gasteiger partial charge is 0.258 e. The van der Waals surface area contributed by atoms with Crippen LogP contribution >= 0.6 is 23.2 Å². The Morgan fingerprint density at radius 1 is 1.02 bits per heavy atom. The van der Waals surface area contributed by atoms with E-state index >= 15 is 0 Å². The van der Waals surface area contributed by atoms with E-state index in [-0.39, 0.29) is 11.8 Å². The molecule has 1 amide bonds. The van der Waals surface area contributed by atoms with E-state index in [9.17, 15) is 9.59 Å². The molecule has 1 saturated carbocycles. The molecule has 46 heavy (non-hydrogen) atoms. The van der Waals surface area contributed by atoms with Gasteiger partial charge in [0.2, 0.25) is 0 Å². The number of aromatic nitrogens is 1. The van der Waals surface area contributed by atoms with Crippen LogP contribution in [-0.2, 0) is 4.79 Å². The molecular weight excluding hydrogens is 619 g/mol. The number of aliphatic imine (C=N–C) groups is 1. The number of piperidine rings is 2. The van der Waals surface area contributed by atoms with E-state index in [1.165, 1.54) is 51.5 Å². The molecule has 3 saturated heterocycles. The lowest BCUT2D eigenvalue weighted by atomic mass is 9.86. The summed E-state index contributed by atoms with van der Waals surface area (Å²) in [6.45, 7) is 12.6. The Morgan fingerprint density at radius 3 is 2.43 bits per heavy atom. The first-order valence-corrected chi connectivity index (χ1v) is 17.9. The molecule has 0 bridgehead atoms. The van der Waals surface area contributed by atoms with Gasteiger partial charge in [-0.15, -0.1) is 0 Å². The topological polar surface area (TPSA) is 81.1 Å². The molecule has 5 rings (SSSR count). The Bertz CT molecular complexity index is 1390. The van der Waals surface area contributed by atoms with Gasteiger partial charge >= 0.3 is 0 Å². The first kappa shape index (κ1) is 34.6. The molecule has 0 radical (unpaired) electrons. The van der Waals surface area contributed by atoms with Gasteiger partial charge in [-0.2, -0.15) is 0 Å². The van der Waals surface area contributed by atoms with Gasteiger partial charge in [0.15, 0.2) is 0 Å². The van der Waals surface area contributed by atoms with Gasteiger partial charge < -0.3 is 19.9 Å². The maximum atomic E-state index is 13.3. The van der Waals surface area contributed by atoms with E-state index < -0.39 is 0 Å². The number of allylic oxidation sites excluding steroid dienone is 5. The third-order valence-corrected chi connectivity index (χ3v) is 11.0. The second-order valence-corrected chi connectivity index (χ2v) is 14.3. The highest BCUT2D eigenvalue weighted by molar-refractivity contribution is 6.33. The van der Waals surface area contributed by atoms with Crippen LogP contribution in [0.1, 0.15) is 95.8 Å². The predicted octanol–water partition coefficient (Wildman–Crippen LogP) is 7.35. The van der Waals surface area contributed by atoms with Crippen LogP contribution in [0.2, 0.25) is 5.02 Å². The van der Waals surface area contributed by atoms with E-state index in [4.69, 9.17) is 28.2 Å². The van der Waals surface area contributed by atoms with Gasteiger partial charge in [-0.1, -0.05) is 48.5 Å². The molecule has 4 aliphatic rings. The fourth-order valence-corrected chi connectivity index (χ4v) is 8.23. The third-order valence-electron chi connectivity index (χ3n) is 10.4. The Labute approximate surface area is 285 Å². The largest absolute Gasteiger partial charge is 0.371 e. The van der Waals surface area contributed by atoms with Gasteiger partial charge in [-0.05, 0) is 96.4 Å². The van der Waals surface area contributed by atoms with Gasteiger partial charge in [0, 0.05) is 61.1 Å². The molecule has 3 aliphatic heterocycles. The molecular formula is C36H50Cl2N6O2. The molecule has 250 valence electrons. The molecule has 2 atom stereocenters. The number of carbonyl (C=O) groups excluding carboxylic acids is 2. The van der Waals surface area contributed by atoms with Crippen molar-refractivity contribution in [1.82, 2.24) is 20.1 Å². The number of hydrogen-bond donors (Lipinski definition) is 1. The monoisotopic (exact) mass is 668 g/mol. The molecule has 10 heteroatoms. The molecule has 1 aliphatic carbocycles. The number of amides is 1. The lowest BCUT2D eigenvalue weighted by molar-refractivity contribution is -0.111. The zero-order valence-corrected chi connectivity index (χ0v) is 29.4. The summed E-state index contributed by atoms with van der Waals surface area (Å²) in [6.07, 6.45) is 17.3. The number of hydrogen-bond acceptors (Lipinski definition) is 7. The molecule has 1 aromatic rings. The molecule has 8 nitrogen and oxygen atoms in total. The first-order valence-electron chi connectivity index (χ1n) is 17.1. The fraction of sp³-hybridized carbons (Fsp3) is 0.611. The van der Waals surface area contributed by atoms with Crippen LogP contribution in [0, 0.1) is 11.8 Å². The number of carbonyl (C=O) groups is 2. The van der Waals surface area contributed by atoms with Crippen molar-refractivity contribution in [3.05, 3.63) is 57.0 Å². The van der Waals surface area contributed by atoms with E-state index in [1.807, 2.05) is 32.9 Å². The molecule has 2 unspecified atom stereocenters. The molecule has 1 N–H and O–H groups in total. The van der Waals surface area contributed by atoms with E-state index in [2.05, 4.69) is 31.9 Å². The summed E-state index contributed by atoms with van der Waals surface area (Å²) in [7, 11) is 0. The average molecular weight is 670 g/mol. The Balaban J connectivity index is 1.34. The number of nitrogens with zero attached hydrogens (tertiary/aromatic N) is 5. The van der Waals surface area contributed by atoms with Crippen LogP contribution in [0.4, 0.5) is 5.82 Å². The molecule has 1 aromatic heterocycles. The summed E-state index contributed by atoms with van der Waals surface area (Å²) in [6, 6.07) is 2.96. The van der Waals surface area contributed by atoms with E-state index in [1.54, 1.807) is 12.3 Å². The van der Waals surface area contributed by atoms with Gasteiger partial charge in [0.05, 0.1) is 16.3 Å². The minimum absolute atomic E-state index is 0.0864. The molecule has 0 aromatic carbocycles. The number of pyridine rings is 1. The zero-order valence-electron chi connectivity index (χ0n) is 27.9. The SMILES string of the molecule is C/C=C(Cl)\C=C(/C)C(/N=C(\C)NC(=O)c1cnc(N2CCC(C=O)CC2)c(Cl)c1)=C(C)N1CC2CCCN(C3CCCCC3)C2C1. The Morgan fingerprint density at radius 2 is 1.76 bits per heavy atom. The van der Waals surface area contributed by atoms with Crippen molar-refractivity contribution in [3.63, 3.8) is 0 Å². The van der Waals surface area contributed by atoms with E-state index in [0.717, 1.165) is 55.2 Å². The second kappa shape index (κ2) is 15.9. The summed E-state index contributed by atoms with van der Waals surface area (Å²) in [5.74, 6) is 1.56. The third kappa shape index (κ3) is 8.23. The Kier molecular flexibility index (Phi) is 12.0. The molecule has 0 spiro atoms. The van der Waals surface area contributed by atoms with Gasteiger partial charge in [-0.25, -0.2) is 9.98 Å². The standard InChI is InChI=1S/C36H50Cl2N6O2/c1-5-30(37)18-24(2)34(25(3)43-21-28-10-9-15-44(33(28)22-43)31-11-7-6-8-12-31)40-26(4)41-36(46)29-19-32(38)35(39-20-29)42-16-13-27(23-45)14-17-42/h5,18-20,23,27-28,31,33H,6-17,21-22H2,1-4H3,(H,40,41,46)/b24-18+,30-5+,34-25?. The van der Waals surface area contributed by atoms with Crippen molar-refractivity contribution in [2.45, 2.75) is 97.6 Å². The normalized spacial score (nSPS) is 25.0.